The van der Waals surface area contributed by atoms with Crippen molar-refractivity contribution in [2.75, 3.05) is 13.7 Å². The van der Waals surface area contributed by atoms with Gasteiger partial charge in [-0.1, -0.05) is 0 Å². The van der Waals surface area contributed by atoms with Crippen molar-refractivity contribution in [3.63, 3.8) is 0 Å². The number of likely N-dealkylation sites (N-methyl/N-ethyl adjacent to an activating group) is 1. The molecule has 1 rings (SSSR count). The lowest BCUT2D eigenvalue weighted by Gasteiger charge is -2.29. The van der Waals surface area contributed by atoms with Gasteiger partial charge in [-0.05, 0) is 14.0 Å². The zero-order chi connectivity index (χ0) is 8.65. The molecular formula is C7H13F2NO. The van der Waals surface area contributed by atoms with E-state index in [4.69, 9.17) is 5.11 Å². The first kappa shape index (κ1) is 8.87. The first-order valence-electron chi connectivity index (χ1n) is 3.63. The molecule has 0 radical (unpaired) electrons. The molecule has 11 heavy (non-hydrogen) atoms. The van der Waals surface area contributed by atoms with E-state index in [0.717, 1.165) is 0 Å². The van der Waals surface area contributed by atoms with Gasteiger partial charge in [0.15, 0.2) is 6.30 Å². The largest absolute Gasteiger partial charge is 0.394 e. The Morgan fingerprint density at radius 2 is 2.18 bits per heavy atom. The van der Waals surface area contributed by atoms with Gasteiger partial charge < -0.3 is 5.11 Å². The summed E-state index contributed by atoms with van der Waals surface area (Å²) in [6, 6.07) is 0. The van der Waals surface area contributed by atoms with Crippen molar-refractivity contribution in [3.8, 4) is 0 Å². The second kappa shape index (κ2) is 2.68. The van der Waals surface area contributed by atoms with Crippen LogP contribution in [0.15, 0.2) is 0 Å². The highest BCUT2D eigenvalue weighted by Gasteiger charge is 2.47. The third-order valence-corrected chi connectivity index (χ3v) is 2.50. The molecule has 0 aromatic rings. The molecule has 4 heteroatoms. The third kappa shape index (κ3) is 1.25. The first-order chi connectivity index (χ1) is 5.01. The normalized spacial score (nSPS) is 46.6. The highest BCUT2D eigenvalue weighted by Crippen LogP contribution is 2.34. The maximum atomic E-state index is 12.8. The summed E-state index contributed by atoms with van der Waals surface area (Å²) in [6.45, 7) is 1.45. The van der Waals surface area contributed by atoms with E-state index >= 15 is 0 Å². The SMILES string of the molecule is CN1C(F)C(F)CC1(C)CO. The molecule has 0 amide bonds. The Kier molecular flexibility index (Phi) is 2.16. The molecule has 3 atom stereocenters. The van der Waals surface area contributed by atoms with Crippen LogP contribution in [0, 0.1) is 0 Å². The van der Waals surface area contributed by atoms with Crippen LogP contribution < -0.4 is 0 Å². The van der Waals surface area contributed by atoms with E-state index in [1.165, 1.54) is 11.9 Å². The van der Waals surface area contributed by atoms with Gasteiger partial charge in [0.05, 0.1) is 6.61 Å². The number of hydrogen-bond acceptors (Lipinski definition) is 2. The Balaban J connectivity index is 2.73. The van der Waals surface area contributed by atoms with Crippen molar-refractivity contribution in [1.82, 2.24) is 4.90 Å². The van der Waals surface area contributed by atoms with Crippen LogP contribution >= 0.6 is 0 Å². The maximum absolute atomic E-state index is 12.8. The van der Waals surface area contributed by atoms with Gasteiger partial charge in [-0.15, -0.1) is 0 Å². The Morgan fingerprint density at radius 3 is 2.36 bits per heavy atom. The predicted molar refractivity (Wildman–Crippen MR) is 37.7 cm³/mol. The van der Waals surface area contributed by atoms with Gasteiger partial charge in [-0.2, -0.15) is 0 Å². The van der Waals surface area contributed by atoms with E-state index in [-0.39, 0.29) is 13.0 Å². The first-order valence-corrected chi connectivity index (χ1v) is 3.63. The number of alkyl halides is 2. The van der Waals surface area contributed by atoms with Gasteiger partial charge in [0.2, 0.25) is 0 Å². The van der Waals surface area contributed by atoms with Gasteiger partial charge in [0, 0.05) is 12.0 Å². The van der Waals surface area contributed by atoms with Crippen LogP contribution in [0.3, 0.4) is 0 Å². The van der Waals surface area contributed by atoms with Crippen LogP contribution in [-0.4, -0.2) is 41.7 Å². The minimum atomic E-state index is -1.56. The molecule has 66 valence electrons. The summed E-state index contributed by atoms with van der Waals surface area (Å²) in [7, 11) is 1.49. The Bertz CT molecular complexity index is 155. The van der Waals surface area contributed by atoms with Gasteiger partial charge in [0.25, 0.3) is 0 Å². The number of halogens is 2. The molecule has 0 aromatic heterocycles. The highest BCUT2D eigenvalue weighted by atomic mass is 19.2. The number of nitrogens with zero attached hydrogens (tertiary/aromatic N) is 1. The van der Waals surface area contributed by atoms with Crippen LogP contribution in [0.2, 0.25) is 0 Å². The highest BCUT2D eigenvalue weighted by molar-refractivity contribution is 4.96. The summed E-state index contributed by atoms with van der Waals surface area (Å²) in [4.78, 5) is 1.25. The lowest BCUT2D eigenvalue weighted by Crippen LogP contribution is -2.43. The van der Waals surface area contributed by atoms with E-state index in [1.807, 2.05) is 0 Å². The summed E-state index contributed by atoms with van der Waals surface area (Å²) < 4.78 is 25.6. The summed E-state index contributed by atoms with van der Waals surface area (Å²) >= 11 is 0. The average molecular weight is 165 g/mol. The predicted octanol–water partition coefficient (Wildman–Crippen LogP) is 0.707. The number of aliphatic hydroxyl groups excluding tert-OH is 1. The minimum Gasteiger partial charge on any atom is -0.394 e. The second-order valence-corrected chi connectivity index (χ2v) is 3.36. The van der Waals surface area contributed by atoms with E-state index in [1.54, 1.807) is 6.92 Å². The summed E-state index contributed by atoms with van der Waals surface area (Å²) in [5.41, 5.74) is -0.723. The second-order valence-electron chi connectivity index (χ2n) is 3.36. The molecule has 0 aromatic carbocycles. The minimum absolute atomic E-state index is 0.0706. The van der Waals surface area contributed by atoms with Gasteiger partial charge in [-0.25, -0.2) is 8.78 Å². The van der Waals surface area contributed by atoms with Crippen molar-refractivity contribution in [3.05, 3.63) is 0 Å². The molecule has 0 bridgehead atoms. The quantitative estimate of drug-likeness (QED) is 0.578. The summed E-state index contributed by atoms with van der Waals surface area (Å²) in [6.07, 6.45) is -2.95. The number of likely N-dealkylation sites (tertiary alicyclic amines) is 1. The fraction of sp³-hybridized carbons (Fsp3) is 1.00. The van der Waals surface area contributed by atoms with Crippen LogP contribution in [-0.2, 0) is 0 Å². The molecule has 0 spiro atoms. The fourth-order valence-corrected chi connectivity index (χ4v) is 1.38. The number of rotatable bonds is 1. The van der Waals surface area contributed by atoms with E-state index < -0.39 is 18.0 Å². The van der Waals surface area contributed by atoms with Crippen LogP contribution in [0.4, 0.5) is 8.78 Å². The molecule has 1 saturated heterocycles. The molecule has 3 unspecified atom stereocenters. The lowest BCUT2D eigenvalue weighted by molar-refractivity contribution is 0.0232. The number of hydrogen-bond donors (Lipinski definition) is 1. The molecular weight excluding hydrogens is 152 g/mol. The summed E-state index contributed by atoms with van der Waals surface area (Å²) in [5.74, 6) is 0. The topological polar surface area (TPSA) is 23.5 Å². The molecule has 1 N–H and O–H groups in total. The van der Waals surface area contributed by atoms with E-state index in [2.05, 4.69) is 0 Å². The van der Waals surface area contributed by atoms with Crippen molar-refractivity contribution in [1.29, 1.82) is 0 Å². The van der Waals surface area contributed by atoms with E-state index in [9.17, 15) is 8.78 Å². The molecule has 0 aliphatic carbocycles. The monoisotopic (exact) mass is 165 g/mol. The zero-order valence-electron chi connectivity index (χ0n) is 6.72. The lowest BCUT2D eigenvalue weighted by atomic mass is 10.0. The molecule has 1 aliphatic rings. The van der Waals surface area contributed by atoms with E-state index in [0.29, 0.717) is 0 Å². The van der Waals surface area contributed by atoms with Crippen molar-refractivity contribution in [2.45, 2.75) is 31.4 Å². The van der Waals surface area contributed by atoms with Crippen LogP contribution in [0.1, 0.15) is 13.3 Å². The molecule has 1 aliphatic heterocycles. The zero-order valence-corrected chi connectivity index (χ0v) is 6.72. The van der Waals surface area contributed by atoms with Crippen LogP contribution in [0.5, 0.6) is 0 Å². The molecule has 1 fully saturated rings. The summed E-state index contributed by atoms with van der Waals surface area (Å²) in [5, 5.41) is 8.86. The van der Waals surface area contributed by atoms with Crippen molar-refractivity contribution < 1.29 is 13.9 Å². The van der Waals surface area contributed by atoms with Gasteiger partial charge in [-0.3, -0.25) is 4.90 Å². The fourth-order valence-electron chi connectivity index (χ4n) is 1.38. The molecule has 0 saturated carbocycles. The number of aliphatic hydroxyl groups is 1. The standard InChI is InChI=1S/C7H13F2NO/c1-7(4-11)3-5(8)6(9)10(7)2/h5-6,11H,3-4H2,1-2H3. The Hall–Kier alpha value is -0.220. The van der Waals surface area contributed by atoms with Crippen LogP contribution in [0.25, 0.3) is 0 Å². The third-order valence-electron chi connectivity index (χ3n) is 2.50. The smallest absolute Gasteiger partial charge is 0.185 e. The average Bonchev–Trinajstić information content (AvgIpc) is 2.17. The molecule has 1 heterocycles. The molecule has 2 nitrogen and oxygen atoms in total. The Labute approximate surface area is 64.8 Å². The maximum Gasteiger partial charge on any atom is 0.185 e. The van der Waals surface area contributed by atoms with Gasteiger partial charge in [0.1, 0.15) is 6.17 Å². The van der Waals surface area contributed by atoms with Crippen molar-refractivity contribution >= 4 is 0 Å². The van der Waals surface area contributed by atoms with Gasteiger partial charge >= 0.3 is 0 Å². The Morgan fingerprint density at radius 1 is 1.64 bits per heavy atom. The van der Waals surface area contributed by atoms with Crippen molar-refractivity contribution in [2.24, 2.45) is 0 Å².